The first-order chi connectivity index (χ1) is 12.3. The molecule has 0 unspecified atom stereocenters. The lowest BCUT2D eigenvalue weighted by atomic mass is 10.0. The third kappa shape index (κ3) is 3.58. The number of carbonyl (C=O) groups excluding carboxylic acids is 1. The Morgan fingerprint density at radius 3 is 2.65 bits per heavy atom. The first-order valence-corrected chi connectivity index (χ1v) is 7.72. The van der Waals surface area contributed by atoms with Crippen molar-refractivity contribution in [1.82, 2.24) is 15.3 Å². The van der Waals surface area contributed by atoms with Crippen molar-refractivity contribution in [2.24, 2.45) is 0 Å². The number of rotatable bonds is 3. The molecule has 0 bridgehead atoms. The number of aromatic nitrogens is 2. The highest BCUT2D eigenvalue weighted by Gasteiger charge is 2.34. The molecule has 0 radical (unpaired) electrons. The number of halogens is 3. The van der Waals surface area contributed by atoms with E-state index < -0.39 is 17.6 Å². The number of pyridine rings is 2. The number of carbonyl (C=O) groups is 1. The van der Waals surface area contributed by atoms with Crippen molar-refractivity contribution in [3.8, 4) is 0 Å². The number of nitrogens with two attached hydrogens (primary N) is 1. The number of aryl methyl sites for hydroxylation is 1. The number of nitrogens with one attached hydrogen (secondary N) is 1. The van der Waals surface area contributed by atoms with Crippen molar-refractivity contribution in [3.05, 3.63) is 65.1 Å². The van der Waals surface area contributed by atoms with Gasteiger partial charge in [0.15, 0.2) is 0 Å². The van der Waals surface area contributed by atoms with Gasteiger partial charge in [0.05, 0.1) is 23.3 Å². The van der Waals surface area contributed by atoms with Gasteiger partial charge in [-0.3, -0.25) is 9.78 Å². The molecular formula is C18H15F3N4O. The van der Waals surface area contributed by atoms with E-state index in [1.54, 1.807) is 31.3 Å². The van der Waals surface area contributed by atoms with Gasteiger partial charge in [0, 0.05) is 17.3 Å². The molecule has 2 heterocycles. The highest BCUT2D eigenvalue weighted by molar-refractivity contribution is 6.00. The maximum atomic E-state index is 13.3. The average molecular weight is 360 g/mol. The second-order valence-corrected chi connectivity index (χ2v) is 5.81. The minimum Gasteiger partial charge on any atom is -0.398 e. The van der Waals surface area contributed by atoms with E-state index in [4.69, 9.17) is 5.73 Å². The van der Waals surface area contributed by atoms with E-state index in [9.17, 15) is 18.0 Å². The van der Waals surface area contributed by atoms with Crippen LogP contribution >= 0.6 is 0 Å². The summed E-state index contributed by atoms with van der Waals surface area (Å²) in [5, 5.41) is 2.74. The van der Waals surface area contributed by atoms with Crippen molar-refractivity contribution >= 4 is 22.5 Å². The SMILES string of the molecule is Cc1cc(C(F)(F)F)c2nc(C(=O)NCc3ccccn3)cc(N)c2c1. The topological polar surface area (TPSA) is 80.9 Å². The van der Waals surface area contributed by atoms with Gasteiger partial charge < -0.3 is 11.1 Å². The van der Waals surface area contributed by atoms with E-state index in [0.717, 1.165) is 6.07 Å². The predicted octanol–water partition coefficient (Wildman–Crippen LogP) is 3.47. The molecule has 0 saturated carbocycles. The molecule has 134 valence electrons. The Morgan fingerprint density at radius 1 is 1.23 bits per heavy atom. The normalized spacial score (nSPS) is 11.5. The third-order valence-electron chi connectivity index (χ3n) is 3.78. The lowest BCUT2D eigenvalue weighted by molar-refractivity contribution is -0.136. The summed E-state index contributed by atoms with van der Waals surface area (Å²) in [7, 11) is 0. The van der Waals surface area contributed by atoms with Crippen LogP contribution in [0.2, 0.25) is 0 Å². The van der Waals surface area contributed by atoms with Crippen LogP contribution in [0.1, 0.15) is 27.3 Å². The van der Waals surface area contributed by atoms with E-state index in [0.29, 0.717) is 11.3 Å². The number of nitrogen functional groups attached to an aromatic ring is 1. The molecule has 3 rings (SSSR count). The summed E-state index contributed by atoms with van der Waals surface area (Å²) in [5.74, 6) is -0.627. The van der Waals surface area contributed by atoms with Gasteiger partial charge in [0.2, 0.25) is 0 Å². The standard InChI is InChI=1S/C18H15F3N4O/c1-10-6-12-14(22)8-15(25-16(12)13(7-10)18(19,20)21)17(26)24-9-11-4-2-3-5-23-11/h2-8H,9H2,1H3,(H2,22,25)(H,24,26). The lowest BCUT2D eigenvalue weighted by Crippen LogP contribution is -2.24. The molecule has 3 N–H and O–H groups in total. The quantitative estimate of drug-likeness (QED) is 0.749. The Bertz CT molecular complexity index is 972. The summed E-state index contributed by atoms with van der Waals surface area (Å²) in [6.45, 7) is 1.67. The molecule has 0 aliphatic rings. The number of hydrogen-bond donors (Lipinski definition) is 2. The zero-order valence-corrected chi connectivity index (χ0v) is 13.8. The van der Waals surface area contributed by atoms with Crippen molar-refractivity contribution in [3.63, 3.8) is 0 Å². The summed E-state index contributed by atoms with van der Waals surface area (Å²) < 4.78 is 40.0. The molecular weight excluding hydrogens is 345 g/mol. The monoisotopic (exact) mass is 360 g/mol. The number of fused-ring (bicyclic) bond motifs is 1. The zero-order valence-electron chi connectivity index (χ0n) is 13.8. The molecule has 26 heavy (non-hydrogen) atoms. The Balaban J connectivity index is 1.99. The first-order valence-electron chi connectivity index (χ1n) is 7.72. The molecule has 5 nitrogen and oxygen atoms in total. The summed E-state index contributed by atoms with van der Waals surface area (Å²) in [6.07, 6.45) is -3.03. The average Bonchev–Trinajstić information content (AvgIpc) is 2.59. The molecule has 0 spiro atoms. The molecule has 0 fully saturated rings. The van der Waals surface area contributed by atoms with E-state index >= 15 is 0 Å². The number of amides is 1. The molecule has 3 aromatic rings. The van der Waals surface area contributed by atoms with Gasteiger partial charge in [0.1, 0.15) is 5.69 Å². The highest BCUT2D eigenvalue weighted by Crippen LogP contribution is 2.36. The van der Waals surface area contributed by atoms with Crippen LogP contribution in [0.15, 0.2) is 42.6 Å². The summed E-state index contributed by atoms with van der Waals surface area (Å²) >= 11 is 0. The van der Waals surface area contributed by atoms with Gasteiger partial charge in [0.25, 0.3) is 5.91 Å². The molecule has 0 aliphatic heterocycles. The van der Waals surface area contributed by atoms with Gasteiger partial charge in [-0.2, -0.15) is 13.2 Å². The fraction of sp³-hybridized carbons (Fsp3) is 0.167. The lowest BCUT2D eigenvalue weighted by Gasteiger charge is -2.14. The Morgan fingerprint density at radius 2 is 2.00 bits per heavy atom. The Labute approximate surface area is 147 Å². The van der Waals surface area contributed by atoms with E-state index in [1.807, 2.05) is 0 Å². The van der Waals surface area contributed by atoms with Crippen LogP contribution in [0.3, 0.4) is 0 Å². The Hall–Kier alpha value is -3.16. The van der Waals surface area contributed by atoms with E-state index in [-0.39, 0.29) is 28.8 Å². The van der Waals surface area contributed by atoms with Crippen LogP contribution in [-0.4, -0.2) is 15.9 Å². The smallest absolute Gasteiger partial charge is 0.398 e. The largest absolute Gasteiger partial charge is 0.418 e. The number of hydrogen-bond acceptors (Lipinski definition) is 4. The fourth-order valence-corrected chi connectivity index (χ4v) is 2.59. The maximum Gasteiger partial charge on any atom is 0.418 e. The van der Waals surface area contributed by atoms with E-state index in [2.05, 4.69) is 15.3 Å². The van der Waals surface area contributed by atoms with Crippen molar-refractivity contribution in [1.29, 1.82) is 0 Å². The highest BCUT2D eigenvalue weighted by atomic mass is 19.4. The first kappa shape index (κ1) is 17.7. The van der Waals surface area contributed by atoms with Crippen molar-refractivity contribution in [2.75, 3.05) is 5.73 Å². The number of nitrogens with zero attached hydrogens (tertiary/aromatic N) is 2. The van der Waals surface area contributed by atoms with Crippen LogP contribution < -0.4 is 11.1 Å². The number of anilines is 1. The molecule has 0 saturated heterocycles. The summed E-state index contributed by atoms with van der Waals surface area (Å²) in [6, 6.07) is 8.99. The van der Waals surface area contributed by atoms with Gasteiger partial charge in [-0.15, -0.1) is 0 Å². The van der Waals surface area contributed by atoms with Crippen LogP contribution in [0.4, 0.5) is 18.9 Å². The van der Waals surface area contributed by atoms with E-state index in [1.165, 1.54) is 12.1 Å². The molecule has 2 aromatic heterocycles. The van der Waals surface area contributed by atoms with Gasteiger partial charge in [-0.05, 0) is 42.8 Å². The minimum atomic E-state index is -4.60. The van der Waals surface area contributed by atoms with Crippen molar-refractivity contribution < 1.29 is 18.0 Å². The van der Waals surface area contributed by atoms with Gasteiger partial charge >= 0.3 is 6.18 Å². The Kier molecular flexibility index (Phi) is 4.50. The fourth-order valence-electron chi connectivity index (χ4n) is 2.59. The summed E-state index contributed by atoms with van der Waals surface area (Å²) in [5.41, 5.74) is 5.53. The molecule has 0 aliphatic carbocycles. The number of alkyl halides is 3. The summed E-state index contributed by atoms with van der Waals surface area (Å²) in [4.78, 5) is 20.3. The van der Waals surface area contributed by atoms with Crippen LogP contribution in [-0.2, 0) is 12.7 Å². The predicted molar refractivity (Wildman–Crippen MR) is 91.3 cm³/mol. The van der Waals surface area contributed by atoms with Crippen LogP contribution in [0.5, 0.6) is 0 Å². The molecule has 0 atom stereocenters. The van der Waals surface area contributed by atoms with Gasteiger partial charge in [-0.25, -0.2) is 4.98 Å². The number of benzene rings is 1. The molecule has 1 aromatic carbocycles. The van der Waals surface area contributed by atoms with Crippen molar-refractivity contribution in [2.45, 2.75) is 19.6 Å². The zero-order chi connectivity index (χ0) is 18.9. The maximum absolute atomic E-state index is 13.3. The molecule has 8 heteroatoms. The minimum absolute atomic E-state index is 0.0622. The molecule has 1 amide bonds. The second-order valence-electron chi connectivity index (χ2n) is 5.81. The van der Waals surface area contributed by atoms with Crippen LogP contribution in [0.25, 0.3) is 10.9 Å². The van der Waals surface area contributed by atoms with Crippen LogP contribution in [0, 0.1) is 6.92 Å². The third-order valence-corrected chi connectivity index (χ3v) is 3.78. The van der Waals surface area contributed by atoms with Gasteiger partial charge in [-0.1, -0.05) is 6.07 Å². The second kappa shape index (κ2) is 6.62.